The molecule has 1 saturated carbocycles. The van der Waals surface area contributed by atoms with Gasteiger partial charge in [0.2, 0.25) is 0 Å². The highest BCUT2D eigenvalue weighted by atomic mass is 15.1. The molecular weight excluding hydrogens is 270 g/mol. The van der Waals surface area contributed by atoms with Crippen LogP contribution in [-0.4, -0.2) is 38.9 Å². The molecule has 1 aliphatic carbocycles. The fourth-order valence-electron chi connectivity index (χ4n) is 3.05. The quantitative estimate of drug-likeness (QED) is 0.811. The molecule has 3 nitrogen and oxygen atoms in total. The van der Waals surface area contributed by atoms with Crippen molar-refractivity contribution < 1.29 is 0 Å². The van der Waals surface area contributed by atoms with Gasteiger partial charge in [-0.3, -0.25) is 4.99 Å². The maximum Gasteiger partial charge on any atom is 0.0540 e. The molecule has 0 heterocycles. The zero-order valence-electron chi connectivity index (χ0n) is 14.5. The molecule has 3 heteroatoms. The average Bonchev–Trinajstić information content (AvgIpc) is 2.52. The largest absolute Gasteiger partial charge is 0.378 e. The first kappa shape index (κ1) is 17.0. The molecule has 0 amide bonds. The smallest absolute Gasteiger partial charge is 0.0540 e. The molecule has 2 rings (SSSR count). The maximum atomic E-state index is 4.91. The van der Waals surface area contributed by atoms with Crippen LogP contribution in [0.15, 0.2) is 29.3 Å². The summed E-state index contributed by atoms with van der Waals surface area (Å²) in [7, 11) is 4.13. The van der Waals surface area contributed by atoms with Gasteiger partial charge in [-0.05, 0) is 36.5 Å². The van der Waals surface area contributed by atoms with Gasteiger partial charge in [-0.2, -0.15) is 0 Å². The van der Waals surface area contributed by atoms with Gasteiger partial charge in [-0.15, -0.1) is 0 Å². The zero-order valence-corrected chi connectivity index (χ0v) is 14.5. The highest BCUT2D eigenvalue weighted by molar-refractivity contribution is 5.80. The molecule has 1 aliphatic rings. The minimum atomic E-state index is 0.480. The van der Waals surface area contributed by atoms with Gasteiger partial charge in [0.25, 0.3) is 0 Å². The van der Waals surface area contributed by atoms with Crippen molar-refractivity contribution in [2.75, 3.05) is 25.5 Å². The van der Waals surface area contributed by atoms with Crippen molar-refractivity contribution in [3.8, 4) is 0 Å². The van der Waals surface area contributed by atoms with Crippen LogP contribution in [0.4, 0.5) is 5.69 Å². The minimum Gasteiger partial charge on any atom is -0.378 e. The van der Waals surface area contributed by atoms with E-state index in [9.17, 15) is 0 Å². The first-order chi connectivity index (χ1) is 10.6. The van der Waals surface area contributed by atoms with Crippen molar-refractivity contribution in [2.45, 2.75) is 51.6 Å². The molecule has 0 unspecified atom stereocenters. The number of nitrogens with one attached hydrogen (secondary N) is 1. The van der Waals surface area contributed by atoms with Gasteiger partial charge in [0.05, 0.1) is 6.04 Å². The standard InChI is InChI=1S/C19H31N3/c1-15(2)20-14-17-7-5-6-8-19(17)21-13-16-9-11-18(12-10-16)22(3)4/h9-13,15,17,19-20H,5-8,14H2,1-4H3/t17-,19-/m1/s1. The summed E-state index contributed by atoms with van der Waals surface area (Å²) in [6.07, 6.45) is 7.28. The molecule has 0 saturated heterocycles. The SMILES string of the molecule is CC(C)NC[C@H]1CCCC[C@H]1N=Cc1ccc(N(C)C)cc1. The van der Waals surface area contributed by atoms with E-state index >= 15 is 0 Å². The van der Waals surface area contributed by atoms with Gasteiger partial charge in [0.1, 0.15) is 0 Å². The second kappa shape index (κ2) is 8.33. The summed E-state index contributed by atoms with van der Waals surface area (Å²) in [6, 6.07) is 9.66. The summed E-state index contributed by atoms with van der Waals surface area (Å²) in [5.41, 5.74) is 2.43. The van der Waals surface area contributed by atoms with Gasteiger partial charge in [-0.1, -0.05) is 38.8 Å². The second-order valence-electron chi connectivity index (χ2n) is 6.94. The van der Waals surface area contributed by atoms with Crippen LogP contribution in [0.1, 0.15) is 45.1 Å². The molecule has 2 atom stereocenters. The van der Waals surface area contributed by atoms with E-state index in [-0.39, 0.29) is 0 Å². The molecule has 1 N–H and O–H groups in total. The fraction of sp³-hybridized carbons (Fsp3) is 0.632. The van der Waals surface area contributed by atoms with Gasteiger partial charge in [0.15, 0.2) is 0 Å². The van der Waals surface area contributed by atoms with Gasteiger partial charge >= 0.3 is 0 Å². The Bertz CT molecular complexity index is 462. The van der Waals surface area contributed by atoms with E-state index in [1.54, 1.807) is 0 Å². The van der Waals surface area contributed by atoms with E-state index in [1.807, 2.05) is 0 Å². The number of rotatable bonds is 6. The lowest BCUT2D eigenvalue weighted by Gasteiger charge is -2.29. The molecule has 1 aromatic carbocycles. The number of benzene rings is 1. The summed E-state index contributed by atoms with van der Waals surface area (Å²) in [5, 5.41) is 3.58. The summed E-state index contributed by atoms with van der Waals surface area (Å²) >= 11 is 0. The Labute approximate surface area is 135 Å². The molecule has 0 aromatic heterocycles. The fourth-order valence-corrected chi connectivity index (χ4v) is 3.05. The Morgan fingerprint density at radius 2 is 1.86 bits per heavy atom. The lowest BCUT2D eigenvalue weighted by molar-refractivity contribution is 0.293. The number of hydrogen-bond acceptors (Lipinski definition) is 3. The third-order valence-corrected chi connectivity index (χ3v) is 4.48. The van der Waals surface area contributed by atoms with Crippen LogP contribution in [0.3, 0.4) is 0 Å². The molecule has 0 aliphatic heterocycles. The molecule has 22 heavy (non-hydrogen) atoms. The van der Waals surface area contributed by atoms with Crippen LogP contribution < -0.4 is 10.2 Å². The number of nitrogens with zero attached hydrogens (tertiary/aromatic N) is 2. The molecule has 122 valence electrons. The van der Waals surface area contributed by atoms with E-state index in [0.29, 0.717) is 18.0 Å². The predicted molar refractivity (Wildman–Crippen MR) is 97.2 cm³/mol. The Kier molecular flexibility index (Phi) is 6.44. The molecular formula is C19H31N3. The predicted octanol–water partition coefficient (Wildman–Crippen LogP) is 3.73. The monoisotopic (exact) mass is 301 g/mol. The van der Waals surface area contributed by atoms with Crippen LogP contribution in [0.5, 0.6) is 0 Å². The Hall–Kier alpha value is -1.35. The lowest BCUT2D eigenvalue weighted by Crippen LogP contribution is -2.36. The van der Waals surface area contributed by atoms with Crippen molar-refractivity contribution in [3.63, 3.8) is 0 Å². The minimum absolute atomic E-state index is 0.480. The molecule has 0 spiro atoms. The second-order valence-corrected chi connectivity index (χ2v) is 6.94. The van der Waals surface area contributed by atoms with E-state index in [0.717, 1.165) is 6.54 Å². The van der Waals surface area contributed by atoms with Gasteiger partial charge in [-0.25, -0.2) is 0 Å². The Balaban J connectivity index is 1.96. The van der Waals surface area contributed by atoms with Crippen molar-refractivity contribution in [1.82, 2.24) is 5.32 Å². The van der Waals surface area contributed by atoms with E-state index in [2.05, 4.69) is 68.6 Å². The first-order valence-corrected chi connectivity index (χ1v) is 8.60. The van der Waals surface area contributed by atoms with E-state index < -0.39 is 0 Å². The number of aliphatic imine (C=N–C) groups is 1. The Morgan fingerprint density at radius 3 is 2.50 bits per heavy atom. The number of hydrogen-bond donors (Lipinski definition) is 1. The van der Waals surface area contributed by atoms with Crippen molar-refractivity contribution in [1.29, 1.82) is 0 Å². The van der Waals surface area contributed by atoms with E-state index in [4.69, 9.17) is 4.99 Å². The lowest BCUT2D eigenvalue weighted by atomic mass is 9.84. The maximum absolute atomic E-state index is 4.91. The van der Waals surface area contributed by atoms with Crippen molar-refractivity contribution in [3.05, 3.63) is 29.8 Å². The van der Waals surface area contributed by atoms with Crippen LogP contribution in [-0.2, 0) is 0 Å². The molecule has 0 bridgehead atoms. The normalized spacial score (nSPS) is 22.4. The van der Waals surface area contributed by atoms with Crippen LogP contribution in [0.2, 0.25) is 0 Å². The molecule has 1 aromatic rings. The highest BCUT2D eigenvalue weighted by Crippen LogP contribution is 2.26. The van der Waals surface area contributed by atoms with Gasteiger partial charge < -0.3 is 10.2 Å². The zero-order chi connectivity index (χ0) is 15.9. The topological polar surface area (TPSA) is 27.6 Å². The molecule has 1 fully saturated rings. The summed E-state index contributed by atoms with van der Waals surface area (Å²) in [4.78, 5) is 7.03. The van der Waals surface area contributed by atoms with Crippen molar-refractivity contribution >= 4 is 11.9 Å². The third-order valence-electron chi connectivity index (χ3n) is 4.48. The summed E-state index contributed by atoms with van der Waals surface area (Å²) < 4.78 is 0. The first-order valence-electron chi connectivity index (χ1n) is 8.60. The van der Waals surface area contributed by atoms with Gasteiger partial charge in [0, 0.05) is 38.6 Å². The average molecular weight is 301 g/mol. The Morgan fingerprint density at radius 1 is 1.18 bits per heavy atom. The summed E-state index contributed by atoms with van der Waals surface area (Å²) in [6.45, 7) is 5.53. The van der Waals surface area contributed by atoms with E-state index in [1.165, 1.54) is 36.9 Å². The number of anilines is 1. The highest BCUT2D eigenvalue weighted by Gasteiger charge is 2.23. The van der Waals surface area contributed by atoms with Crippen LogP contribution in [0, 0.1) is 5.92 Å². The third kappa shape index (κ3) is 5.13. The molecule has 0 radical (unpaired) electrons. The van der Waals surface area contributed by atoms with Crippen LogP contribution in [0.25, 0.3) is 0 Å². The summed E-state index contributed by atoms with van der Waals surface area (Å²) in [5.74, 6) is 0.688. The van der Waals surface area contributed by atoms with Crippen molar-refractivity contribution in [2.24, 2.45) is 10.9 Å². The van der Waals surface area contributed by atoms with Crippen LogP contribution >= 0.6 is 0 Å².